The van der Waals surface area contributed by atoms with Crippen LogP contribution in [0.5, 0.6) is 5.75 Å². The van der Waals surface area contributed by atoms with Crippen LogP contribution in [0.4, 0.5) is 0 Å². The number of alkyl halides is 1. The normalized spacial score (nSPS) is 19.7. The van der Waals surface area contributed by atoms with Gasteiger partial charge in [0.1, 0.15) is 5.75 Å². The minimum absolute atomic E-state index is 0.538. The second-order valence-electron chi connectivity index (χ2n) is 3.85. The van der Waals surface area contributed by atoms with Crippen LogP contribution in [0.25, 0.3) is 0 Å². The van der Waals surface area contributed by atoms with Crippen LogP contribution in [0.1, 0.15) is 30.0 Å². The summed E-state index contributed by atoms with van der Waals surface area (Å²) in [6.45, 7) is 0. The molecule has 1 aliphatic rings. The van der Waals surface area contributed by atoms with Crippen LogP contribution >= 0.6 is 22.6 Å². The lowest BCUT2D eigenvalue weighted by Crippen LogP contribution is -2.23. The largest absolute Gasteiger partial charge is 0.497 e. The van der Waals surface area contributed by atoms with Gasteiger partial charge in [0.15, 0.2) is 0 Å². The van der Waals surface area contributed by atoms with Crippen molar-refractivity contribution >= 4 is 22.6 Å². The van der Waals surface area contributed by atoms with Gasteiger partial charge < -0.3 is 10.1 Å². The number of hydrogen-bond donors (Lipinski definition) is 1. The molecule has 1 aromatic carbocycles. The standard InChI is InChI=1S/C12H16INO/c1-15-10-5-6-11-9(7-10)3-2-4-12(11)14-8-13/h5-7,12,14H,2-4,8H2,1H3. The second-order valence-corrected chi connectivity index (χ2v) is 4.61. The highest BCUT2D eigenvalue weighted by molar-refractivity contribution is 14.1. The summed E-state index contributed by atoms with van der Waals surface area (Å²) in [5.74, 6) is 0.976. The first-order chi connectivity index (χ1) is 7.35. The highest BCUT2D eigenvalue weighted by atomic mass is 127. The third-order valence-corrected chi connectivity index (χ3v) is 3.43. The minimum atomic E-state index is 0.538. The van der Waals surface area contributed by atoms with Crippen molar-refractivity contribution in [1.29, 1.82) is 0 Å². The van der Waals surface area contributed by atoms with Crippen molar-refractivity contribution < 1.29 is 4.74 Å². The Morgan fingerprint density at radius 3 is 3.13 bits per heavy atom. The predicted molar refractivity (Wildman–Crippen MR) is 70.7 cm³/mol. The molecule has 0 aromatic heterocycles. The summed E-state index contributed by atoms with van der Waals surface area (Å²) in [4.78, 5) is 0. The Labute approximate surface area is 105 Å². The Bertz CT molecular complexity index is 340. The number of benzene rings is 1. The van der Waals surface area contributed by atoms with Gasteiger partial charge in [-0.3, -0.25) is 0 Å². The fourth-order valence-corrected chi connectivity index (χ4v) is 2.75. The fourth-order valence-electron chi connectivity index (χ4n) is 2.22. The molecule has 0 heterocycles. The van der Waals surface area contributed by atoms with E-state index < -0.39 is 0 Å². The molecule has 2 rings (SSSR count). The van der Waals surface area contributed by atoms with E-state index in [0.29, 0.717) is 6.04 Å². The van der Waals surface area contributed by atoms with Gasteiger partial charge in [0.25, 0.3) is 0 Å². The Morgan fingerprint density at radius 1 is 1.53 bits per heavy atom. The number of aryl methyl sites for hydroxylation is 1. The summed E-state index contributed by atoms with van der Waals surface area (Å²) >= 11 is 2.37. The molecule has 0 bridgehead atoms. The quantitative estimate of drug-likeness (QED) is 0.526. The molecule has 0 saturated carbocycles. The maximum atomic E-state index is 5.25. The molecule has 0 aliphatic heterocycles. The Morgan fingerprint density at radius 2 is 2.40 bits per heavy atom. The van der Waals surface area contributed by atoms with Crippen LogP contribution in [0, 0.1) is 0 Å². The monoisotopic (exact) mass is 317 g/mol. The number of methoxy groups -OCH3 is 1. The summed E-state index contributed by atoms with van der Waals surface area (Å²) in [6.07, 6.45) is 3.71. The van der Waals surface area contributed by atoms with E-state index in [1.54, 1.807) is 7.11 Å². The van der Waals surface area contributed by atoms with Crippen molar-refractivity contribution in [2.45, 2.75) is 25.3 Å². The van der Waals surface area contributed by atoms with Crippen LogP contribution in [-0.4, -0.2) is 11.7 Å². The molecule has 0 amide bonds. The zero-order chi connectivity index (χ0) is 10.7. The maximum Gasteiger partial charge on any atom is 0.119 e. The van der Waals surface area contributed by atoms with Crippen LogP contribution in [0.15, 0.2) is 18.2 Å². The van der Waals surface area contributed by atoms with Gasteiger partial charge in [0.05, 0.1) is 7.11 Å². The second kappa shape index (κ2) is 5.16. The number of nitrogens with one attached hydrogen (secondary N) is 1. The third-order valence-electron chi connectivity index (χ3n) is 2.99. The van der Waals surface area contributed by atoms with Crippen molar-refractivity contribution in [2.75, 3.05) is 11.7 Å². The lowest BCUT2D eigenvalue weighted by atomic mass is 9.87. The summed E-state index contributed by atoms with van der Waals surface area (Å²) in [6, 6.07) is 6.98. The molecule has 0 fully saturated rings. The number of rotatable bonds is 3. The van der Waals surface area contributed by atoms with E-state index in [4.69, 9.17) is 4.74 Å². The zero-order valence-corrected chi connectivity index (χ0v) is 11.1. The first kappa shape index (κ1) is 11.2. The maximum absolute atomic E-state index is 5.25. The number of halogens is 1. The first-order valence-corrected chi connectivity index (χ1v) is 6.84. The minimum Gasteiger partial charge on any atom is -0.497 e. The number of ether oxygens (including phenoxy) is 1. The van der Waals surface area contributed by atoms with E-state index in [9.17, 15) is 0 Å². The van der Waals surface area contributed by atoms with Crippen molar-refractivity contribution in [3.05, 3.63) is 29.3 Å². The SMILES string of the molecule is COc1ccc2c(c1)CCCC2NCI. The summed E-state index contributed by atoms with van der Waals surface area (Å²) in [5.41, 5.74) is 2.90. The van der Waals surface area contributed by atoms with Gasteiger partial charge in [-0.15, -0.1) is 0 Å². The highest BCUT2D eigenvalue weighted by Crippen LogP contribution is 2.32. The van der Waals surface area contributed by atoms with Crippen LogP contribution in [0.3, 0.4) is 0 Å². The first-order valence-electron chi connectivity index (χ1n) is 5.31. The summed E-state index contributed by atoms with van der Waals surface area (Å²) in [7, 11) is 1.73. The van der Waals surface area contributed by atoms with E-state index in [1.807, 2.05) is 0 Å². The van der Waals surface area contributed by atoms with Gasteiger partial charge in [-0.05, 0) is 42.5 Å². The molecule has 3 heteroatoms. The van der Waals surface area contributed by atoms with Crippen molar-refractivity contribution in [2.24, 2.45) is 0 Å². The molecular formula is C12H16INO. The molecule has 82 valence electrons. The highest BCUT2D eigenvalue weighted by Gasteiger charge is 2.19. The summed E-state index contributed by atoms with van der Waals surface area (Å²) < 4.78 is 6.26. The van der Waals surface area contributed by atoms with Crippen molar-refractivity contribution in [3.63, 3.8) is 0 Å². The average Bonchev–Trinajstić information content (AvgIpc) is 2.29. The molecule has 1 atom stereocenters. The number of fused-ring (bicyclic) bond motifs is 1. The van der Waals surface area contributed by atoms with Gasteiger partial charge >= 0.3 is 0 Å². The lowest BCUT2D eigenvalue weighted by Gasteiger charge is -2.26. The van der Waals surface area contributed by atoms with E-state index in [1.165, 1.54) is 30.4 Å². The molecule has 15 heavy (non-hydrogen) atoms. The van der Waals surface area contributed by atoms with Gasteiger partial charge in [-0.2, -0.15) is 0 Å². The van der Waals surface area contributed by atoms with E-state index >= 15 is 0 Å². The van der Waals surface area contributed by atoms with Crippen molar-refractivity contribution in [3.8, 4) is 5.75 Å². The topological polar surface area (TPSA) is 21.3 Å². The van der Waals surface area contributed by atoms with Gasteiger partial charge in [-0.1, -0.05) is 28.7 Å². The van der Waals surface area contributed by atoms with Crippen LogP contribution < -0.4 is 10.1 Å². The molecule has 0 spiro atoms. The fraction of sp³-hybridized carbons (Fsp3) is 0.500. The molecule has 0 saturated heterocycles. The average molecular weight is 317 g/mol. The van der Waals surface area contributed by atoms with E-state index in [2.05, 4.69) is 46.1 Å². The predicted octanol–water partition coefficient (Wildman–Crippen LogP) is 3.05. The van der Waals surface area contributed by atoms with Gasteiger partial charge in [0.2, 0.25) is 0 Å². The molecular weight excluding hydrogens is 301 g/mol. The van der Waals surface area contributed by atoms with Gasteiger partial charge in [0, 0.05) is 10.6 Å². The Kier molecular flexibility index (Phi) is 3.86. The molecule has 1 unspecified atom stereocenters. The van der Waals surface area contributed by atoms with E-state index in [0.717, 1.165) is 10.3 Å². The molecule has 2 nitrogen and oxygen atoms in total. The third kappa shape index (κ3) is 2.45. The smallest absolute Gasteiger partial charge is 0.119 e. The lowest BCUT2D eigenvalue weighted by molar-refractivity contribution is 0.412. The van der Waals surface area contributed by atoms with Gasteiger partial charge in [-0.25, -0.2) is 0 Å². The van der Waals surface area contributed by atoms with Crippen molar-refractivity contribution in [1.82, 2.24) is 5.32 Å². The molecule has 0 radical (unpaired) electrons. The molecule has 1 aliphatic carbocycles. The Balaban J connectivity index is 2.28. The Hall–Kier alpha value is -0.290. The zero-order valence-electron chi connectivity index (χ0n) is 8.92. The van der Waals surface area contributed by atoms with E-state index in [-0.39, 0.29) is 0 Å². The number of hydrogen-bond acceptors (Lipinski definition) is 2. The summed E-state index contributed by atoms with van der Waals surface area (Å²) in [5, 5.41) is 3.52. The van der Waals surface area contributed by atoms with Crippen LogP contribution in [0.2, 0.25) is 0 Å². The molecule has 1 N–H and O–H groups in total. The van der Waals surface area contributed by atoms with Crippen LogP contribution in [-0.2, 0) is 6.42 Å². The molecule has 1 aromatic rings.